The maximum absolute atomic E-state index is 12.5. The van der Waals surface area contributed by atoms with Crippen molar-refractivity contribution < 1.29 is 14.3 Å². The lowest BCUT2D eigenvalue weighted by molar-refractivity contribution is -0.149. The molecule has 3 heterocycles. The molecule has 5 nitrogen and oxygen atoms in total. The van der Waals surface area contributed by atoms with E-state index in [1.807, 2.05) is 11.4 Å². The first-order valence-corrected chi connectivity index (χ1v) is 9.39. The molecule has 6 heteroatoms. The summed E-state index contributed by atoms with van der Waals surface area (Å²) in [7, 11) is 1.49. The molecule has 0 radical (unpaired) electrons. The van der Waals surface area contributed by atoms with Crippen molar-refractivity contribution in [3.05, 3.63) is 22.4 Å². The quantitative estimate of drug-likeness (QED) is 0.770. The summed E-state index contributed by atoms with van der Waals surface area (Å²) in [5, 5.41) is 4.11. The van der Waals surface area contributed by atoms with Gasteiger partial charge in [0.1, 0.15) is 6.04 Å². The lowest BCUT2D eigenvalue weighted by atomic mass is 9.96. The average Bonchev–Trinajstić information content (AvgIpc) is 3.11. The second-order valence-electron chi connectivity index (χ2n) is 6.28. The Labute approximate surface area is 142 Å². The van der Waals surface area contributed by atoms with Crippen LogP contribution < -0.4 is 0 Å². The van der Waals surface area contributed by atoms with Gasteiger partial charge in [-0.3, -0.25) is 9.80 Å². The second-order valence-corrected chi connectivity index (χ2v) is 7.06. The lowest BCUT2D eigenvalue weighted by Gasteiger charge is -2.42. The highest BCUT2D eigenvalue weighted by Gasteiger charge is 2.36. The fourth-order valence-corrected chi connectivity index (χ4v) is 4.32. The zero-order valence-electron chi connectivity index (χ0n) is 13.8. The molecule has 23 heavy (non-hydrogen) atoms. The molecule has 1 aromatic rings. The Morgan fingerprint density at radius 3 is 2.91 bits per heavy atom. The fourth-order valence-electron chi connectivity index (χ4n) is 3.65. The van der Waals surface area contributed by atoms with E-state index in [0.29, 0.717) is 6.04 Å². The van der Waals surface area contributed by atoms with Crippen molar-refractivity contribution in [2.24, 2.45) is 0 Å². The number of nitrogens with zero attached hydrogens (tertiary/aromatic N) is 2. The van der Waals surface area contributed by atoms with E-state index in [1.165, 1.54) is 13.5 Å². The topological polar surface area (TPSA) is 42.0 Å². The fraction of sp³-hybridized carbons (Fsp3) is 0.706. The molecule has 2 atom stereocenters. The molecule has 0 bridgehead atoms. The van der Waals surface area contributed by atoms with Crippen LogP contribution in [-0.4, -0.2) is 68.3 Å². The third kappa shape index (κ3) is 4.12. The van der Waals surface area contributed by atoms with Gasteiger partial charge in [-0.15, -0.1) is 0 Å². The van der Waals surface area contributed by atoms with Crippen molar-refractivity contribution in [2.45, 2.75) is 31.3 Å². The molecule has 0 spiro atoms. The predicted molar refractivity (Wildman–Crippen MR) is 90.7 cm³/mol. The number of piperidine rings is 1. The third-order valence-corrected chi connectivity index (χ3v) is 5.56. The maximum atomic E-state index is 12.5. The van der Waals surface area contributed by atoms with Crippen LogP contribution in [0, 0.1) is 0 Å². The standard InChI is InChI=1S/C17H26N2O3S/c1-21-17(20)16(14-5-11-23-13-14)19-6-3-2-4-15(19)12-18-7-9-22-10-8-18/h5,11,13,15-16H,2-4,6-10,12H2,1H3/t15-,16+/m1/s1. The Hall–Kier alpha value is -0.950. The monoisotopic (exact) mass is 338 g/mol. The van der Waals surface area contributed by atoms with Crippen LogP contribution in [0.15, 0.2) is 16.8 Å². The van der Waals surface area contributed by atoms with Crippen LogP contribution in [-0.2, 0) is 14.3 Å². The van der Waals surface area contributed by atoms with Crippen LogP contribution in [0.2, 0.25) is 0 Å². The molecule has 1 aromatic heterocycles. The summed E-state index contributed by atoms with van der Waals surface area (Å²) in [5.41, 5.74) is 1.07. The van der Waals surface area contributed by atoms with E-state index in [1.54, 1.807) is 11.3 Å². The number of morpholine rings is 1. The van der Waals surface area contributed by atoms with Crippen molar-refractivity contribution in [3.63, 3.8) is 0 Å². The second kappa shape index (κ2) is 8.24. The summed E-state index contributed by atoms with van der Waals surface area (Å²) in [6.45, 7) is 5.60. The summed E-state index contributed by atoms with van der Waals surface area (Å²) < 4.78 is 10.6. The van der Waals surface area contributed by atoms with Gasteiger partial charge in [0.15, 0.2) is 0 Å². The number of likely N-dealkylation sites (tertiary alicyclic amines) is 1. The van der Waals surface area contributed by atoms with Crippen molar-refractivity contribution in [1.82, 2.24) is 9.80 Å². The SMILES string of the molecule is COC(=O)[C@H](c1ccsc1)N1CCCC[C@@H]1CN1CCOCC1. The number of hydrogen-bond acceptors (Lipinski definition) is 6. The minimum Gasteiger partial charge on any atom is -0.468 e. The summed E-state index contributed by atoms with van der Waals surface area (Å²) in [6.07, 6.45) is 3.54. The molecule has 0 saturated carbocycles. The summed E-state index contributed by atoms with van der Waals surface area (Å²) in [5.74, 6) is -0.141. The van der Waals surface area contributed by atoms with Gasteiger partial charge in [0.05, 0.1) is 20.3 Å². The Kier molecular flexibility index (Phi) is 6.05. The van der Waals surface area contributed by atoms with E-state index in [2.05, 4.69) is 15.2 Å². The molecule has 2 saturated heterocycles. The van der Waals surface area contributed by atoms with E-state index < -0.39 is 0 Å². The van der Waals surface area contributed by atoms with Crippen molar-refractivity contribution in [3.8, 4) is 0 Å². The predicted octanol–water partition coefficient (Wildman–Crippen LogP) is 2.15. The van der Waals surface area contributed by atoms with Crippen molar-refractivity contribution in [1.29, 1.82) is 0 Å². The van der Waals surface area contributed by atoms with Crippen LogP contribution in [0.1, 0.15) is 30.9 Å². The van der Waals surface area contributed by atoms with Crippen LogP contribution in [0.3, 0.4) is 0 Å². The van der Waals surface area contributed by atoms with E-state index >= 15 is 0 Å². The van der Waals surface area contributed by atoms with Gasteiger partial charge in [-0.2, -0.15) is 11.3 Å². The first-order valence-electron chi connectivity index (χ1n) is 8.45. The number of methoxy groups -OCH3 is 1. The van der Waals surface area contributed by atoms with Gasteiger partial charge >= 0.3 is 5.97 Å². The number of rotatable bonds is 5. The van der Waals surface area contributed by atoms with Crippen molar-refractivity contribution in [2.75, 3.05) is 46.5 Å². The van der Waals surface area contributed by atoms with Gasteiger partial charge in [-0.1, -0.05) is 6.42 Å². The average molecular weight is 338 g/mol. The van der Waals surface area contributed by atoms with Crippen LogP contribution in [0.5, 0.6) is 0 Å². The van der Waals surface area contributed by atoms with Crippen LogP contribution >= 0.6 is 11.3 Å². The molecular weight excluding hydrogens is 312 g/mol. The number of esters is 1. The smallest absolute Gasteiger partial charge is 0.327 e. The minimum absolute atomic E-state index is 0.141. The summed E-state index contributed by atoms with van der Waals surface area (Å²) in [4.78, 5) is 17.3. The first-order chi connectivity index (χ1) is 11.3. The van der Waals surface area contributed by atoms with Gasteiger partial charge in [-0.25, -0.2) is 4.79 Å². The van der Waals surface area contributed by atoms with E-state index in [9.17, 15) is 4.79 Å². The largest absolute Gasteiger partial charge is 0.468 e. The lowest BCUT2D eigenvalue weighted by Crippen LogP contribution is -2.51. The molecule has 0 unspecified atom stereocenters. The molecular formula is C17H26N2O3S. The highest BCUT2D eigenvalue weighted by atomic mass is 32.1. The summed E-state index contributed by atoms with van der Waals surface area (Å²) in [6, 6.07) is 2.19. The number of carbonyl (C=O) groups excluding carboxylic acids is 1. The summed E-state index contributed by atoms with van der Waals surface area (Å²) >= 11 is 1.64. The van der Waals surface area contributed by atoms with Gasteiger partial charge in [0.25, 0.3) is 0 Å². The zero-order chi connectivity index (χ0) is 16.1. The Bertz CT molecular complexity index is 488. The number of carbonyl (C=O) groups is 1. The van der Waals surface area contributed by atoms with Crippen molar-refractivity contribution >= 4 is 17.3 Å². The Morgan fingerprint density at radius 2 is 2.22 bits per heavy atom. The zero-order valence-corrected chi connectivity index (χ0v) is 14.6. The van der Waals surface area contributed by atoms with E-state index in [0.717, 1.165) is 57.8 Å². The Balaban J connectivity index is 1.76. The molecule has 2 aliphatic heterocycles. The van der Waals surface area contributed by atoms with E-state index in [4.69, 9.17) is 9.47 Å². The highest BCUT2D eigenvalue weighted by molar-refractivity contribution is 7.08. The number of thiophene rings is 1. The van der Waals surface area contributed by atoms with Crippen LogP contribution in [0.4, 0.5) is 0 Å². The normalized spacial score (nSPS) is 25.2. The maximum Gasteiger partial charge on any atom is 0.327 e. The minimum atomic E-state index is -0.266. The van der Waals surface area contributed by atoms with Gasteiger partial charge < -0.3 is 9.47 Å². The highest BCUT2D eigenvalue weighted by Crippen LogP contribution is 2.31. The first kappa shape index (κ1) is 16.9. The molecule has 0 N–H and O–H groups in total. The van der Waals surface area contributed by atoms with Gasteiger partial charge in [-0.05, 0) is 41.8 Å². The van der Waals surface area contributed by atoms with Gasteiger partial charge in [0, 0.05) is 25.7 Å². The van der Waals surface area contributed by atoms with Crippen LogP contribution in [0.25, 0.3) is 0 Å². The van der Waals surface area contributed by atoms with Gasteiger partial charge in [0.2, 0.25) is 0 Å². The number of hydrogen-bond donors (Lipinski definition) is 0. The molecule has 0 amide bonds. The molecule has 0 aromatic carbocycles. The van der Waals surface area contributed by atoms with E-state index in [-0.39, 0.29) is 12.0 Å². The molecule has 2 aliphatic rings. The molecule has 3 rings (SSSR count). The third-order valence-electron chi connectivity index (χ3n) is 4.86. The molecule has 128 valence electrons. The molecule has 0 aliphatic carbocycles. The number of ether oxygens (including phenoxy) is 2. The molecule has 2 fully saturated rings. The Morgan fingerprint density at radius 1 is 1.39 bits per heavy atom.